The summed E-state index contributed by atoms with van der Waals surface area (Å²) >= 11 is 0. The van der Waals surface area contributed by atoms with Gasteiger partial charge in [0.1, 0.15) is 11.6 Å². The number of aryl methyl sites for hydroxylation is 1. The van der Waals surface area contributed by atoms with Crippen molar-refractivity contribution >= 4 is 30.2 Å². The average Bonchev–Trinajstić information content (AvgIpc) is 2.72. The molecule has 28 heavy (non-hydrogen) atoms. The third kappa shape index (κ3) is 5.44. The molecule has 2 amide bonds. The van der Waals surface area contributed by atoms with E-state index in [1.54, 1.807) is 62.7 Å². The van der Waals surface area contributed by atoms with Crippen LogP contribution in [0.15, 0.2) is 65.5 Å². The maximum Gasteiger partial charge on any atom is 0.258 e. The zero-order valence-corrected chi connectivity index (χ0v) is 16.2. The fraction of sp³-hybridized carbons (Fsp3) is 0.190. The average molecular weight is 377 g/mol. The Hall–Kier alpha value is -3.61. The molecule has 2 aromatic heterocycles. The summed E-state index contributed by atoms with van der Waals surface area (Å²) in [6.45, 7) is 7.45. The summed E-state index contributed by atoms with van der Waals surface area (Å²) in [5.74, 6) is 0.315. The summed E-state index contributed by atoms with van der Waals surface area (Å²) in [4.78, 5) is 38.5. The quantitative estimate of drug-likeness (QED) is 0.456. The zero-order valence-electron chi connectivity index (χ0n) is 16.2. The molecule has 0 saturated heterocycles. The van der Waals surface area contributed by atoms with E-state index in [0.29, 0.717) is 29.3 Å². The molecule has 0 saturated carbocycles. The molecule has 0 bridgehead atoms. The highest BCUT2D eigenvalue weighted by molar-refractivity contribution is 6.05. The third-order valence-electron chi connectivity index (χ3n) is 3.94. The van der Waals surface area contributed by atoms with Crippen LogP contribution in [0.2, 0.25) is 0 Å². The highest BCUT2D eigenvalue weighted by Gasteiger charge is 2.16. The lowest BCUT2D eigenvalue weighted by molar-refractivity contribution is -0.114. The first-order valence-corrected chi connectivity index (χ1v) is 8.67. The van der Waals surface area contributed by atoms with Crippen molar-refractivity contribution in [2.75, 3.05) is 23.8 Å². The SMILES string of the molecule is C=NCC=C/C=C(\C)C(=O)N(C)c1ccc(C)c(NC(=O)c2cccnc2)n1. The van der Waals surface area contributed by atoms with E-state index in [-0.39, 0.29) is 11.8 Å². The van der Waals surface area contributed by atoms with E-state index >= 15 is 0 Å². The molecule has 2 heterocycles. The fourth-order valence-corrected chi connectivity index (χ4v) is 2.30. The molecule has 0 radical (unpaired) electrons. The van der Waals surface area contributed by atoms with Crippen LogP contribution in [0.5, 0.6) is 0 Å². The highest BCUT2D eigenvalue weighted by atomic mass is 16.2. The van der Waals surface area contributed by atoms with Gasteiger partial charge in [0.05, 0.1) is 12.1 Å². The molecule has 7 nitrogen and oxygen atoms in total. The second-order valence-electron chi connectivity index (χ2n) is 6.08. The number of nitrogens with one attached hydrogen (secondary N) is 1. The number of allylic oxidation sites excluding steroid dienone is 2. The van der Waals surface area contributed by atoms with Crippen LogP contribution >= 0.6 is 0 Å². The zero-order chi connectivity index (χ0) is 20.5. The molecule has 0 aliphatic heterocycles. The molecule has 1 N–H and O–H groups in total. The molecule has 144 valence electrons. The van der Waals surface area contributed by atoms with Crippen molar-refractivity contribution in [1.29, 1.82) is 0 Å². The number of carbonyl (C=O) groups excluding carboxylic acids is 2. The molecule has 0 spiro atoms. The van der Waals surface area contributed by atoms with Crippen LogP contribution in [-0.4, -0.2) is 42.1 Å². The second-order valence-corrected chi connectivity index (χ2v) is 6.08. The van der Waals surface area contributed by atoms with E-state index in [2.05, 4.69) is 27.0 Å². The Morgan fingerprint density at radius 3 is 2.79 bits per heavy atom. The largest absolute Gasteiger partial charge is 0.306 e. The molecule has 0 aliphatic rings. The molecule has 0 fully saturated rings. The Bertz CT molecular complexity index is 920. The van der Waals surface area contributed by atoms with Gasteiger partial charge in [0, 0.05) is 25.0 Å². The lowest BCUT2D eigenvalue weighted by atomic mass is 10.2. The van der Waals surface area contributed by atoms with E-state index in [0.717, 1.165) is 5.56 Å². The van der Waals surface area contributed by atoms with Gasteiger partial charge in [0.25, 0.3) is 11.8 Å². The molecular formula is C21H23N5O2. The normalized spacial score (nSPS) is 11.3. The first kappa shape index (κ1) is 20.7. The first-order chi connectivity index (χ1) is 13.4. The highest BCUT2D eigenvalue weighted by Crippen LogP contribution is 2.19. The van der Waals surface area contributed by atoms with Crippen molar-refractivity contribution in [2.45, 2.75) is 13.8 Å². The maximum atomic E-state index is 12.6. The number of anilines is 2. The van der Waals surface area contributed by atoms with Crippen LogP contribution in [-0.2, 0) is 4.79 Å². The maximum absolute atomic E-state index is 12.6. The van der Waals surface area contributed by atoms with Gasteiger partial charge >= 0.3 is 0 Å². The molecule has 0 atom stereocenters. The van der Waals surface area contributed by atoms with Crippen LogP contribution in [0, 0.1) is 6.92 Å². The fourth-order valence-electron chi connectivity index (χ4n) is 2.30. The lowest BCUT2D eigenvalue weighted by Gasteiger charge is -2.18. The number of rotatable bonds is 7. The molecule has 2 aromatic rings. The number of carbonyl (C=O) groups is 2. The van der Waals surface area contributed by atoms with Gasteiger partial charge in [-0.2, -0.15) is 0 Å². The Balaban J connectivity index is 2.18. The summed E-state index contributed by atoms with van der Waals surface area (Å²) in [5, 5.41) is 2.77. The summed E-state index contributed by atoms with van der Waals surface area (Å²) in [7, 11) is 1.64. The number of amides is 2. The van der Waals surface area contributed by atoms with Gasteiger partial charge in [-0.1, -0.05) is 24.3 Å². The smallest absolute Gasteiger partial charge is 0.258 e. The predicted octanol–water partition coefficient (Wildman–Crippen LogP) is 3.20. The molecule has 0 aliphatic carbocycles. The van der Waals surface area contributed by atoms with Gasteiger partial charge in [-0.05, 0) is 44.3 Å². The Morgan fingerprint density at radius 2 is 2.11 bits per heavy atom. The minimum absolute atomic E-state index is 0.197. The van der Waals surface area contributed by atoms with Crippen molar-refractivity contribution in [3.8, 4) is 0 Å². The first-order valence-electron chi connectivity index (χ1n) is 8.67. The van der Waals surface area contributed by atoms with Crippen LogP contribution in [0.25, 0.3) is 0 Å². The second kappa shape index (κ2) is 9.91. The summed E-state index contributed by atoms with van der Waals surface area (Å²) in [5.41, 5.74) is 1.76. The van der Waals surface area contributed by atoms with E-state index in [1.165, 1.54) is 11.1 Å². The molecular weight excluding hydrogens is 354 g/mol. The predicted molar refractivity (Wildman–Crippen MR) is 112 cm³/mol. The van der Waals surface area contributed by atoms with E-state index in [9.17, 15) is 9.59 Å². The Labute approximate surface area is 164 Å². The van der Waals surface area contributed by atoms with Crippen molar-refractivity contribution in [3.63, 3.8) is 0 Å². The van der Waals surface area contributed by atoms with Crippen LogP contribution in [0.4, 0.5) is 11.6 Å². The number of hydrogen-bond acceptors (Lipinski definition) is 5. The number of aromatic nitrogens is 2. The number of likely N-dealkylation sites (N-methyl/N-ethyl adjacent to an activating group) is 1. The molecule has 7 heteroatoms. The number of nitrogens with zero attached hydrogens (tertiary/aromatic N) is 4. The number of aliphatic imine (C=N–C) groups is 1. The van der Waals surface area contributed by atoms with E-state index in [4.69, 9.17) is 0 Å². The van der Waals surface area contributed by atoms with Gasteiger partial charge in [-0.25, -0.2) is 4.98 Å². The topological polar surface area (TPSA) is 87.5 Å². The van der Waals surface area contributed by atoms with Crippen LogP contribution in [0.1, 0.15) is 22.8 Å². The van der Waals surface area contributed by atoms with Gasteiger partial charge < -0.3 is 5.32 Å². The molecule has 0 unspecified atom stereocenters. The molecule has 0 aromatic carbocycles. The Kier molecular flexibility index (Phi) is 7.33. The van der Waals surface area contributed by atoms with Gasteiger partial charge in [0.2, 0.25) is 0 Å². The van der Waals surface area contributed by atoms with Crippen LogP contribution in [0.3, 0.4) is 0 Å². The third-order valence-corrected chi connectivity index (χ3v) is 3.94. The van der Waals surface area contributed by atoms with E-state index < -0.39 is 0 Å². The van der Waals surface area contributed by atoms with Crippen molar-refractivity contribution in [1.82, 2.24) is 9.97 Å². The van der Waals surface area contributed by atoms with Crippen molar-refractivity contribution in [3.05, 3.63) is 71.6 Å². The van der Waals surface area contributed by atoms with Gasteiger partial charge in [-0.3, -0.25) is 24.5 Å². The van der Waals surface area contributed by atoms with Crippen molar-refractivity contribution < 1.29 is 9.59 Å². The standard InChI is InChI=1S/C21H23N5O2/c1-15-10-11-18(26(4)21(28)16(2)8-5-6-12-22-3)24-19(15)25-20(27)17-9-7-13-23-14-17/h5-11,13-14H,3,12H2,1-2,4H3,(H,24,25,27)/b6-5?,16-8+. The summed E-state index contributed by atoms with van der Waals surface area (Å²) in [6.07, 6.45) is 8.36. The summed E-state index contributed by atoms with van der Waals surface area (Å²) in [6, 6.07) is 6.89. The summed E-state index contributed by atoms with van der Waals surface area (Å²) < 4.78 is 0. The van der Waals surface area contributed by atoms with Gasteiger partial charge in [-0.15, -0.1) is 0 Å². The lowest BCUT2D eigenvalue weighted by Crippen LogP contribution is -2.28. The number of hydrogen-bond donors (Lipinski definition) is 1. The Morgan fingerprint density at radius 1 is 1.32 bits per heavy atom. The monoisotopic (exact) mass is 377 g/mol. The number of pyridine rings is 2. The minimum atomic E-state index is -0.313. The minimum Gasteiger partial charge on any atom is -0.306 e. The van der Waals surface area contributed by atoms with E-state index in [1.807, 2.05) is 6.92 Å². The molecule has 2 rings (SSSR count). The van der Waals surface area contributed by atoms with Crippen molar-refractivity contribution in [2.24, 2.45) is 4.99 Å². The van der Waals surface area contributed by atoms with Crippen LogP contribution < -0.4 is 10.2 Å². The van der Waals surface area contributed by atoms with Gasteiger partial charge in [0.15, 0.2) is 0 Å².